The van der Waals surface area contributed by atoms with Gasteiger partial charge in [0.25, 0.3) is 0 Å². The van der Waals surface area contributed by atoms with Crippen LogP contribution in [0.4, 0.5) is 0 Å². The van der Waals surface area contributed by atoms with E-state index < -0.39 is 0 Å². The Kier molecular flexibility index (Phi) is 20.4. The van der Waals surface area contributed by atoms with Crippen molar-refractivity contribution >= 4 is 46.4 Å². The van der Waals surface area contributed by atoms with Crippen LogP contribution in [0.25, 0.3) is 0 Å². The van der Waals surface area contributed by atoms with Crippen LogP contribution in [0, 0.1) is 0 Å². The topological polar surface area (TPSA) is 6.48 Å². The minimum Gasteiger partial charge on any atom is -0.316 e. The van der Waals surface area contributed by atoms with E-state index in [2.05, 4.69) is 30.8 Å². The van der Waals surface area contributed by atoms with E-state index in [0.717, 1.165) is 44.5 Å². The molecule has 0 aromatic heterocycles. The molecule has 3 nitrogen and oxygen atoms in total. The molecule has 0 saturated carbocycles. The first-order valence-corrected chi connectivity index (χ1v) is 10.5. The van der Waals surface area contributed by atoms with Gasteiger partial charge in [0.2, 0.25) is 0 Å². The smallest absolute Gasteiger partial charge is 0.128 e. The normalized spacial score (nSPS) is 14.9. The lowest BCUT2D eigenvalue weighted by atomic mass is 10.4. The van der Waals surface area contributed by atoms with Crippen LogP contribution in [-0.4, -0.2) is 105 Å². The zero-order valence-electron chi connectivity index (χ0n) is 15.3. The third-order valence-electron chi connectivity index (χ3n) is 3.62. The van der Waals surface area contributed by atoms with Crippen molar-refractivity contribution in [2.75, 3.05) is 90.5 Å². The van der Waals surface area contributed by atoms with E-state index in [1.165, 1.54) is 24.0 Å². The Morgan fingerprint density at radius 2 is 1.13 bits per heavy atom. The molecule has 1 saturated heterocycles. The van der Waals surface area contributed by atoms with Crippen molar-refractivity contribution < 1.29 is 4.48 Å². The molecule has 0 unspecified atom stereocenters. The third-order valence-corrected chi connectivity index (χ3v) is 4.29. The van der Waals surface area contributed by atoms with Crippen LogP contribution in [0.15, 0.2) is 0 Å². The van der Waals surface area contributed by atoms with Crippen molar-refractivity contribution in [2.24, 2.45) is 0 Å². The summed E-state index contributed by atoms with van der Waals surface area (Å²) in [6.45, 7) is 10.0. The minimum absolute atomic E-state index is 0.688. The van der Waals surface area contributed by atoms with Crippen molar-refractivity contribution in [1.82, 2.24) is 9.80 Å². The number of halogens is 4. The zero-order valence-corrected chi connectivity index (χ0v) is 18.4. The van der Waals surface area contributed by atoms with E-state index in [-0.39, 0.29) is 0 Å². The Bertz CT molecular complexity index is 215. The van der Waals surface area contributed by atoms with Crippen molar-refractivity contribution in [3.63, 3.8) is 0 Å². The first kappa shape index (κ1) is 26.3. The Morgan fingerprint density at radius 3 is 1.35 bits per heavy atom. The van der Waals surface area contributed by atoms with E-state index in [9.17, 15) is 0 Å². The van der Waals surface area contributed by atoms with E-state index in [1.807, 2.05) is 7.05 Å². The van der Waals surface area contributed by atoms with Gasteiger partial charge in [0, 0.05) is 37.3 Å². The molecular formula is C16H36Cl4N3+. The third kappa shape index (κ3) is 21.0. The molecule has 0 radical (unpaired) electrons. The highest BCUT2D eigenvalue weighted by Gasteiger charge is 2.35. The van der Waals surface area contributed by atoms with Crippen LogP contribution >= 0.6 is 46.4 Å². The van der Waals surface area contributed by atoms with Crippen LogP contribution in [0.1, 0.15) is 13.3 Å². The quantitative estimate of drug-likeness (QED) is 0.307. The van der Waals surface area contributed by atoms with Gasteiger partial charge < -0.3 is 14.3 Å². The molecule has 1 rings (SSSR count). The second kappa shape index (κ2) is 17.8. The number of alkyl halides is 4. The van der Waals surface area contributed by atoms with Crippen molar-refractivity contribution in [2.45, 2.75) is 13.3 Å². The molecule has 0 aliphatic carbocycles. The highest BCUT2D eigenvalue weighted by atomic mass is 35.5. The van der Waals surface area contributed by atoms with Gasteiger partial charge in [-0.3, -0.25) is 0 Å². The summed E-state index contributed by atoms with van der Waals surface area (Å²) in [7, 11) is 6.33. The lowest BCUT2D eigenvalue weighted by Crippen LogP contribution is -2.22. The van der Waals surface area contributed by atoms with Crippen LogP contribution in [-0.2, 0) is 0 Å². The van der Waals surface area contributed by atoms with E-state index in [0.29, 0.717) is 11.8 Å². The molecule has 1 aliphatic heterocycles. The number of quaternary nitrogens is 1. The average molecular weight is 412 g/mol. The fraction of sp³-hybridized carbons (Fsp3) is 1.00. The molecule has 7 heteroatoms. The van der Waals surface area contributed by atoms with E-state index in [4.69, 9.17) is 46.4 Å². The molecule has 23 heavy (non-hydrogen) atoms. The highest BCUT2D eigenvalue weighted by molar-refractivity contribution is 6.18. The molecule has 0 bridgehead atoms. The fourth-order valence-corrected chi connectivity index (χ4v) is 2.91. The van der Waals surface area contributed by atoms with Crippen molar-refractivity contribution in [1.29, 1.82) is 0 Å². The molecule has 0 spiro atoms. The second-order valence-electron chi connectivity index (χ2n) is 6.15. The van der Waals surface area contributed by atoms with E-state index >= 15 is 0 Å². The van der Waals surface area contributed by atoms with Crippen LogP contribution in [0.2, 0.25) is 0 Å². The van der Waals surface area contributed by atoms with E-state index in [1.54, 1.807) is 0 Å². The summed E-state index contributed by atoms with van der Waals surface area (Å²) in [6, 6.07) is 0. The van der Waals surface area contributed by atoms with Gasteiger partial charge in [-0.2, -0.15) is 0 Å². The lowest BCUT2D eigenvalue weighted by molar-refractivity contribution is -0.774. The number of hydrogen-bond donors (Lipinski definition) is 0. The Labute approximate surface area is 164 Å². The van der Waals surface area contributed by atoms with Gasteiger partial charge in [0.15, 0.2) is 0 Å². The van der Waals surface area contributed by atoms with Crippen molar-refractivity contribution in [3.8, 4) is 0 Å². The molecule has 0 aromatic rings. The maximum absolute atomic E-state index is 5.51. The summed E-state index contributed by atoms with van der Waals surface area (Å²) < 4.78 is 1.21. The highest BCUT2D eigenvalue weighted by Crippen LogP contribution is 2.15. The molecule has 1 heterocycles. The largest absolute Gasteiger partial charge is 0.316 e. The Morgan fingerprint density at radius 1 is 0.739 bits per heavy atom. The minimum atomic E-state index is 0.688. The first-order valence-electron chi connectivity index (χ1n) is 8.33. The monoisotopic (exact) mass is 410 g/mol. The second-order valence-corrected chi connectivity index (χ2v) is 7.66. The Balaban J connectivity index is 0. The van der Waals surface area contributed by atoms with Gasteiger partial charge in [-0.25, -0.2) is 0 Å². The summed E-state index contributed by atoms with van der Waals surface area (Å²) in [5.74, 6) is 2.94. The van der Waals surface area contributed by atoms with Crippen molar-refractivity contribution in [3.05, 3.63) is 0 Å². The van der Waals surface area contributed by atoms with Gasteiger partial charge >= 0.3 is 0 Å². The van der Waals surface area contributed by atoms with Gasteiger partial charge in [-0.15, -0.1) is 46.4 Å². The van der Waals surface area contributed by atoms with Gasteiger partial charge in [0.1, 0.15) is 13.1 Å². The molecule has 0 amide bonds. The van der Waals surface area contributed by atoms with Gasteiger partial charge in [-0.1, -0.05) is 6.92 Å². The fourth-order valence-electron chi connectivity index (χ4n) is 1.64. The molecular weight excluding hydrogens is 376 g/mol. The molecule has 0 aromatic carbocycles. The van der Waals surface area contributed by atoms with Crippen LogP contribution in [0.5, 0.6) is 0 Å². The maximum atomic E-state index is 5.51. The first-order chi connectivity index (χ1) is 10.9. The standard InChI is InChI=1S/C6H14ClN.C5H11Cl2N.C5H11ClN/c1-3-5-8(2)6-4-7;1-8(4-2-6)5-3-7;1-7(3-2-6)4-5-7/h3-6H2,1-2H3;2-5H2,1H3;2-5H2,1H3/q;;+1. The lowest BCUT2D eigenvalue weighted by Gasteiger charge is -2.11. The molecule has 0 N–H and O–H groups in total. The average Bonchev–Trinajstić information content (AvgIpc) is 3.19. The molecule has 1 fully saturated rings. The maximum Gasteiger partial charge on any atom is 0.128 e. The molecule has 142 valence electrons. The van der Waals surface area contributed by atoms with Crippen LogP contribution in [0.3, 0.4) is 0 Å². The number of nitrogens with zero attached hydrogens (tertiary/aromatic N) is 3. The summed E-state index contributed by atoms with van der Waals surface area (Å²) in [5, 5.41) is 0. The SMILES string of the molecule is CCCN(C)CCCl.CN(CCCl)CCCl.C[N+]1(CCCl)CC1. The predicted molar refractivity (Wildman–Crippen MR) is 109 cm³/mol. The van der Waals surface area contributed by atoms with Crippen LogP contribution < -0.4 is 0 Å². The summed E-state index contributed by atoms with van der Waals surface area (Å²) in [6.07, 6.45) is 1.22. The summed E-state index contributed by atoms with van der Waals surface area (Å²) in [4.78, 5) is 4.33. The summed E-state index contributed by atoms with van der Waals surface area (Å²) >= 11 is 21.9. The molecule has 0 atom stereocenters. The van der Waals surface area contributed by atoms with Gasteiger partial charge in [-0.05, 0) is 27.1 Å². The zero-order chi connectivity index (χ0) is 18.1. The number of hydrogen-bond acceptors (Lipinski definition) is 2. The number of rotatable bonds is 10. The summed E-state index contributed by atoms with van der Waals surface area (Å²) in [5.41, 5.74) is 0. The Hall–Kier alpha value is 1.04. The number of likely N-dealkylation sites (N-methyl/N-ethyl adjacent to an activating group) is 1. The van der Waals surface area contributed by atoms with Gasteiger partial charge in [0.05, 0.1) is 19.5 Å². The molecule has 1 aliphatic rings. The predicted octanol–water partition coefficient (Wildman–Crippen LogP) is 3.65.